The number of ether oxygens (including phenoxy) is 1. The minimum Gasteiger partial charge on any atom is -0.465 e. The van der Waals surface area contributed by atoms with Gasteiger partial charge in [-0.05, 0) is 41.4 Å². The molecule has 1 aromatic heterocycles. The monoisotopic (exact) mass is 333 g/mol. The van der Waals surface area contributed by atoms with E-state index in [0.29, 0.717) is 0 Å². The fourth-order valence-electron chi connectivity index (χ4n) is 2.39. The molecule has 0 spiro atoms. The quantitative estimate of drug-likeness (QED) is 0.687. The van der Waals surface area contributed by atoms with E-state index >= 15 is 0 Å². The average molecular weight is 333 g/mol. The highest BCUT2D eigenvalue weighted by Crippen LogP contribution is 2.47. The van der Waals surface area contributed by atoms with Crippen LogP contribution in [0, 0.1) is 5.92 Å². The van der Waals surface area contributed by atoms with Gasteiger partial charge < -0.3 is 10.1 Å². The molecule has 114 valence electrons. The average Bonchev–Trinajstić information content (AvgIpc) is 2.98. The first-order valence-electron chi connectivity index (χ1n) is 6.96. The zero-order chi connectivity index (χ0) is 15.5. The smallest absolute Gasteiger partial charge is 0.320 e. The summed E-state index contributed by atoms with van der Waals surface area (Å²) >= 11 is 3.08. The second kappa shape index (κ2) is 6.54. The lowest BCUT2D eigenvalue weighted by Crippen LogP contribution is -2.33. The summed E-state index contributed by atoms with van der Waals surface area (Å²) in [4.78, 5) is 25.9. The van der Waals surface area contributed by atoms with Crippen molar-refractivity contribution in [2.45, 2.75) is 17.1 Å². The molecule has 4 nitrogen and oxygen atoms in total. The van der Waals surface area contributed by atoms with E-state index in [1.807, 2.05) is 41.1 Å². The van der Waals surface area contributed by atoms with E-state index < -0.39 is 11.9 Å². The molecule has 0 radical (unpaired) electrons. The van der Waals surface area contributed by atoms with Crippen molar-refractivity contribution in [3.63, 3.8) is 0 Å². The summed E-state index contributed by atoms with van der Waals surface area (Å²) in [6.07, 6.45) is 0. The third-order valence-corrected chi connectivity index (χ3v) is 5.51. The van der Waals surface area contributed by atoms with Crippen molar-refractivity contribution in [1.82, 2.24) is 0 Å². The first-order chi connectivity index (χ1) is 10.7. The van der Waals surface area contributed by atoms with Crippen LogP contribution in [0.3, 0.4) is 0 Å². The number of amides is 1. The second-order valence-electron chi connectivity index (χ2n) is 4.81. The van der Waals surface area contributed by atoms with E-state index in [0.717, 1.165) is 16.1 Å². The fraction of sp³-hybridized carbons (Fsp3) is 0.250. The Labute approximate surface area is 136 Å². The molecule has 1 amide bonds. The lowest BCUT2D eigenvalue weighted by Gasteiger charge is -2.20. The van der Waals surface area contributed by atoms with Gasteiger partial charge in [0, 0.05) is 4.90 Å². The predicted octanol–water partition coefficient (Wildman–Crippen LogP) is 3.71. The summed E-state index contributed by atoms with van der Waals surface area (Å²) in [7, 11) is 0. The number of anilines is 1. The summed E-state index contributed by atoms with van der Waals surface area (Å²) in [6, 6.07) is 9.54. The minimum atomic E-state index is -0.855. The molecule has 0 unspecified atom stereocenters. The summed E-state index contributed by atoms with van der Waals surface area (Å²) < 4.78 is 5.12. The van der Waals surface area contributed by atoms with Gasteiger partial charge in [0.15, 0.2) is 5.92 Å². The Morgan fingerprint density at radius 3 is 2.86 bits per heavy atom. The van der Waals surface area contributed by atoms with Crippen LogP contribution >= 0.6 is 23.1 Å². The molecule has 0 aliphatic carbocycles. The number of carbonyl (C=O) groups excluding carboxylic acids is 2. The highest BCUT2D eigenvalue weighted by atomic mass is 32.2. The molecule has 0 fully saturated rings. The van der Waals surface area contributed by atoms with Gasteiger partial charge in [-0.25, -0.2) is 0 Å². The molecule has 3 rings (SSSR count). The van der Waals surface area contributed by atoms with Crippen LogP contribution in [0.15, 0.2) is 46.0 Å². The third kappa shape index (κ3) is 2.89. The highest BCUT2D eigenvalue weighted by Gasteiger charge is 2.40. The van der Waals surface area contributed by atoms with Gasteiger partial charge in [-0.1, -0.05) is 12.1 Å². The van der Waals surface area contributed by atoms with Crippen LogP contribution in [0.2, 0.25) is 0 Å². The van der Waals surface area contributed by atoms with Crippen LogP contribution in [0.4, 0.5) is 5.69 Å². The molecule has 1 N–H and O–H groups in total. The van der Waals surface area contributed by atoms with Gasteiger partial charge in [0.1, 0.15) is 0 Å². The first kappa shape index (κ1) is 15.1. The SMILES string of the molecule is CCOC(=O)[C@@H]1C(=O)Nc2ccccc2S[C@H]1c1ccsc1. The van der Waals surface area contributed by atoms with E-state index in [1.165, 1.54) is 11.8 Å². The number of hydrogen-bond acceptors (Lipinski definition) is 5. The van der Waals surface area contributed by atoms with Gasteiger partial charge in [0.05, 0.1) is 17.5 Å². The van der Waals surface area contributed by atoms with Gasteiger partial charge >= 0.3 is 5.97 Å². The maximum atomic E-state index is 12.6. The molecular formula is C16H15NO3S2. The van der Waals surface area contributed by atoms with Gasteiger partial charge in [0.2, 0.25) is 5.91 Å². The fourth-order valence-corrected chi connectivity index (χ4v) is 4.50. The lowest BCUT2D eigenvalue weighted by atomic mass is 9.99. The molecule has 0 bridgehead atoms. The topological polar surface area (TPSA) is 55.4 Å². The van der Waals surface area contributed by atoms with Crippen molar-refractivity contribution in [2.75, 3.05) is 11.9 Å². The van der Waals surface area contributed by atoms with Gasteiger partial charge in [-0.3, -0.25) is 9.59 Å². The second-order valence-corrected chi connectivity index (χ2v) is 6.77. The van der Waals surface area contributed by atoms with Crippen molar-refractivity contribution < 1.29 is 14.3 Å². The number of hydrogen-bond donors (Lipinski definition) is 1. The number of thiophene rings is 1. The molecule has 1 aliphatic rings. The molecule has 1 aromatic carbocycles. The lowest BCUT2D eigenvalue weighted by molar-refractivity contribution is -0.150. The predicted molar refractivity (Wildman–Crippen MR) is 88.1 cm³/mol. The molecule has 1 aliphatic heterocycles. The van der Waals surface area contributed by atoms with Crippen molar-refractivity contribution in [1.29, 1.82) is 0 Å². The van der Waals surface area contributed by atoms with Crippen LogP contribution in [-0.2, 0) is 14.3 Å². The van der Waals surface area contributed by atoms with Crippen molar-refractivity contribution in [3.05, 3.63) is 46.7 Å². The Balaban J connectivity index is 2.03. The van der Waals surface area contributed by atoms with E-state index in [-0.39, 0.29) is 17.8 Å². The molecule has 0 saturated carbocycles. The number of rotatable bonds is 3. The Bertz CT molecular complexity index is 684. The molecule has 22 heavy (non-hydrogen) atoms. The zero-order valence-corrected chi connectivity index (χ0v) is 13.6. The maximum absolute atomic E-state index is 12.6. The van der Waals surface area contributed by atoms with E-state index in [4.69, 9.17) is 4.74 Å². The Morgan fingerprint density at radius 2 is 2.14 bits per heavy atom. The van der Waals surface area contributed by atoms with Gasteiger partial charge in [0.25, 0.3) is 0 Å². The number of fused-ring (bicyclic) bond motifs is 1. The van der Waals surface area contributed by atoms with Gasteiger partial charge in [-0.2, -0.15) is 11.3 Å². The van der Waals surface area contributed by atoms with Crippen LogP contribution in [0.1, 0.15) is 17.7 Å². The maximum Gasteiger partial charge on any atom is 0.320 e. The number of esters is 1. The van der Waals surface area contributed by atoms with Crippen LogP contribution in [0.25, 0.3) is 0 Å². The number of para-hydroxylation sites is 1. The first-order valence-corrected chi connectivity index (χ1v) is 8.78. The Morgan fingerprint density at radius 1 is 1.32 bits per heavy atom. The summed E-state index contributed by atoms with van der Waals surface area (Å²) in [6.45, 7) is 2.00. The van der Waals surface area contributed by atoms with E-state index in [1.54, 1.807) is 18.3 Å². The summed E-state index contributed by atoms with van der Waals surface area (Å²) in [5.74, 6) is -1.64. The van der Waals surface area contributed by atoms with Crippen molar-refractivity contribution >= 4 is 40.7 Å². The Kier molecular flexibility index (Phi) is 4.49. The highest BCUT2D eigenvalue weighted by molar-refractivity contribution is 7.99. The van der Waals surface area contributed by atoms with E-state index in [9.17, 15) is 9.59 Å². The molecule has 2 heterocycles. The van der Waals surface area contributed by atoms with Crippen LogP contribution in [0.5, 0.6) is 0 Å². The number of thioether (sulfide) groups is 1. The number of carbonyl (C=O) groups is 2. The standard InChI is InChI=1S/C16H15NO3S2/c1-2-20-16(19)13-14(10-7-8-21-9-10)22-12-6-4-3-5-11(12)17-15(13)18/h3-9,13-14H,2H2,1H3,(H,17,18)/t13-,14-/m0/s1. The van der Waals surface area contributed by atoms with Crippen molar-refractivity contribution in [2.24, 2.45) is 5.92 Å². The zero-order valence-electron chi connectivity index (χ0n) is 11.9. The summed E-state index contributed by atoms with van der Waals surface area (Å²) in [5, 5.41) is 6.49. The molecule has 0 saturated heterocycles. The van der Waals surface area contributed by atoms with Crippen LogP contribution < -0.4 is 5.32 Å². The number of nitrogens with one attached hydrogen (secondary N) is 1. The number of benzene rings is 1. The largest absolute Gasteiger partial charge is 0.465 e. The van der Waals surface area contributed by atoms with E-state index in [2.05, 4.69) is 5.32 Å². The summed E-state index contributed by atoms with van der Waals surface area (Å²) in [5.41, 5.74) is 1.71. The normalized spacial score (nSPS) is 20.7. The van der Waals surface area contributed by atoms with Crippen molar-refractivity contribution in [3.8, 4) is 0 Å². The minimum absolute atomic E-state index is 0.261. The molecule has 2 aromatic rings. The molecular weight excluding hydrogens is 318 g/mol. The van der Waals surface area contributed by atoms with Gasteiger partial charge in [-0.15, -0.1) is 11.8 Å². The molecule has 6 heteroatoms. The van der Waals surface area contributed by atoms with Crippen LogP contribution in [-0.4, -0.2) is 18.5 Å². The third-order valence-electron chi connectivity index (χ3n) is 3.40. The molecule has 2 atom stereocenters. The Hall–Kier alpha value is -1.79.